The zero-order valence-electron chi connectivity index (χ0n) is 11.5. The summed E-state index contributed by atoms with van der Waals surface area (Å²) in [6, 6.07) is 2.19. The lowest BCUT2D eigenvalue weighted by Gasteiger charge is -2.14. The van der Waals surface area contributed by atoms with Crippen molar-refractivity contribution in [3.8, 4) is 0 Å². The van der Waals surface area contributed by atoms with Crippen LogP contribution in [0.15, 0.2) is 30.7 Å². The van der Waals surface area contributed by atoms with Gasteiger partial charge < -0.3 is 15.4 Å². The van der Waals surface area contributed by atoms with Gasteiger partial charge in [0.15, 0.2) is 0 Å². The Kier molecular flexibility index (Phi) is 4.50. The van der Waals surface area contributed by atoms with Gasteiger partial charge in [-0.05, 0) is 6.07 Å². The van der Waals surface area contributed by atoms with Gasteiger partial charge in [0, 0.05) is 18.7 Å². The Morgan fingerprint density at radius 3 is 2.61 bits per heavy atom. The Labute approximate surface area is 128 Å². The van der Waals surface area contributed by atoms with E-state index in [-0.39, 0.29) is 12.1 Å². The van der Waals surface area contributed by atoms with E-state index in [1.807, 2.05) is 0 Å². The first-order valence-corrected chi connectivity index (χ1v) is 6.29. The van der Waals surface area contributed by atoms with Gasteiger partial charge in [0.25, 0.3) is 0 Å². The highest BCUT2D eigenvalue weighted by atomic mass is 16.6. The summed E-state index contributed by atoms with van der Waals surface area (Å²) in [5.74, 6) is -1.27. The van der Waals surface area contributed by atoms with Crippen LogP contribution in [0.2, 0.25) is 0 Å². The number of aromatic nitrogens is 2. The van der Waals surface area contributed by atoms with E-state index >= 15 is 0 Å². The maximum Gasteiger partial charge on any atom is 0.368 e. The van der Waals surface area contributed by atoms with E-state index in [1.165, 1.54) is 24.7 Å². The van der Waals surface area contributed by atoms with Gasteiger partial charge in [0.2, 0.25) is 0 Å². The normalized spacial score (nSPS) is 11.7. The molecule has 0 bridgehead atoms. The molecule has 120 valence electrons. The second-order valence-electron chi connectivity index (χ2n) is 4.49. The van der Waals surface area contributed by atoms with Crippen molar-refractivity contribution in [2.75, 3.05) is 5.32 Å². The highest BCUT2D eigenvalue weighted by Crippen LogP contribution is 2.34. The molecule has 0 unspecified atom stereocenters. The number of carboxylic acids is 1. The van der Waals surface area contributed by atoms with E-state index in [9.17, 15) is 30.1 Å². The number of para-hydroxylation sites is 1. The summed E-state index contributed by atoms with van der Waals surface area (Å²) in [4.78, 5) is 38.1. The molecular formula is C12H11N5O6. The summed E-state index contributed by atoms with van der Waals surface area (Å²) in [6.07, 6.45) is 2.79. The smallest absolute Gasteiger partial charge is 0.368 e. The summed E-state index contributed by atoms with van der Waals surface area (Å²) < 4.78 is 0. The summed E-state index contributed by atoms with van der Waals surface area (Å²) in [6.45, 7) is 0. The predicted molar refractivity (Wildman–Crippen MR) is 77.1 cm³/mol. The molecule has 1 aromatic carbocycles. The Balaban J connectivity index is 2.36. The fourth-order valence-corrected chi connectivity index (χ4v) is 1.99. The molecule has 1 heterocycles. The lowest BCUT2D eigenvalue weighted by atomic mass is 10.1. The van der Waals surface area contributed by atoms with Crippen LogP contribution in [0.4, 0.5) is 17.1 Å². The number of anilines is 1. The van der Waals surface area contributed by atoms with E-state index < -0.39 is 33.2 Å². The fraction of sp³-hybridized carbons (Fsp3) is 0.167. The van der Waals surface area contributed by atoms with Crippen LogP contribution in [0.25, 0.3) is 0 Å². The predicted octanol–water partition coefficient (Wildman–Crippen LogP) is 1.33. The molecule has 3 N–H and O–H groups in total. The molecule has 0 aliphatic heterocycles. The van der Waals surface area contributed by atoms with E-state index in [4.69, 9.17) is 0 Å². The molecule has 0 aliphatic rings. The molecular weight excluding hydrogens is 310 g/mol. The number of nitrogens with zero attached hydrogens (tertiary/aromatic N) is 3. The molecule has 1 aromatic heterocycles. The maximum absolute atomic E-state index is 11.3. The number of rotatable bonds is 7. The van der Waals surface area contributed by atoms with Gasteiger partial charge in [-0.3, -0.25) is 20.2 Å². The number of benzene rings is 1. The minimum atomic E-state index is -1.27. The number of aliphatic carboxylic acids is 1. The molecule has 0 saturated carbocycles. The van der Waals surface area contributed by atoms with Crippen molar-refractivity contribution in [1.29, 1.82) is 0 Å². The van der Waals surface area contributed by atoms with Crippen molar-refractivity contribution in [2.24, 2.45) is 0 Å². The van der Waals surface area contributed by atoms with Crippen LogP contribution in [0.5, 0.6) is 0 Å². The van der Waals surface area contributed by atoms with Crippen molar-refractivity contribution < 1.29 is 19.7 Å². The Morgan fingerprint density at radius 1 is 1.35 bits per heavy atom. The number of nitro benzene ring substituents is 2. The molecule has 11 nitrogen and oxygen atoms in total. The van der Waals surface area contributed by atoms with Crippen LogP contribution in [0, 0.1) is 20.2 Å². The highest BCUT2D eigenvalue weighted by molar-refractivity contribution is 5.81. The molecule has 11 heteroatoms. The van der Waals surface area contributed by atoms with Crippen LogP contribution in [-0.2, 0) is 11.2 Å². The molecule has 0 spiro atoms. The number of carbonyl (C=O) groups is 1. The Hall–Kier alpha value is -3.50. The zero-order chi connectivity index (χ0) is 17.0. The van der Waals surface area contributed by atoms with Gasteiger partial charge in [-0.25, -0.2) is 9.78 Å². The minimum Gasteiger partial charge on any atom is -0.480 e. The molecule has 23 heavy (non-hydrogen) atoms. The monoisotopic (exact) mass is 321 g/mol. The number of imidazole rings is 1. The molecule has 0 radical (unpaired) electrons. The minimum absolute atomic E-state index is 0.0569. The number of nitro groups is 2. The maximum atomic E-state index is 11.3. The first kappa shape index (κ1) is 15.9. The summed E-state index contributed by atoms with van der Waals surface area (Å²) in [5.41, 5.74) is -1.32. The molecule has 0 saturated heterocycles. The van der Waals surface area contributed by atoms with Crippen molar-refractivity contribution in [1.82, 2.24) is 9.97 Å². The lowest BCUT2D eigenvalue weighted by Crippen LogP contribution is -2.32. The Bertz CT molecular complexity index is 744. The number of hydrogen-bond donors (Lipinski definition) is 3. The third-order valence-corrected chi connectivity index (χ3v) is 2.99. The number of aromatic amines is 1. The highest BCUT2D eigenvalue weighted by Gasteiger charge is 2.30. The summed E-state index contributed by atoms with van der Waals surface area (Å²) >= 11 is 0. The quantitative estimate of drug-likeness (QED) is 0.507. The summed E-state index contributed by atoms with van der Waals surface area (Å²) in [5, 5.41) is 33.7. The molecule has 0 amide bonds. The topological polar surface area (TPSA) is 164 Å². The average molecular weight is 321 g/mol. The van der Waals surface area contributed by atoms with Crippen LogP contribution >= 0.6 is 0 Å². The van der Waals surface area contributed by atoms with E-state index in [0.717, 1.165) is 6.07 Å². The zero-order valence-corrected chi connectivity index (χ0v) is 11.5. The molecule has 0 aliphatic carbocycles. The van der Waals surface area contributed by atoms with Crippen molar-refractivity contribution in [2.45, 2.75) is 12.5 Å². The number of hydrogen-bond acceptors (Lipinski definition) is 7. The van der Waals surface area contributed by atoms with Crippen molar-refractivity contribution >= 4 is 23.0 Å². The SMILES string of the molecule is O=C(O)[C@H](Cc1c[nH]cn1)Nc1cccc([N+](=O)[O-])c1[N+](=O)[O-]. The third-order valence-electron chi connectivity index (χ3n) is 2.99. The number of nitrogens with one attached hydrogen (secondary N) is 2. The lowest BCUT2D eigenvalue weighted by molar-refractivity contribution is -0.421. The molecule has 0 fully saturated rings. The largest absolute Gasteiger partial charge is 0.480 e. The first-order chi connectivity index (χ1) is 10.9. The molecule has 2 aromatic rings. The fourth-order valence-electron chi connectivity index (χ4n) is 1.99. The second kappa shape index (κ2) is 6.51. The van der Waals surface area contributed by atoms with Gasteiger partial charge in [-0.1, -0.05) is 6.07 Å². The van der Waals surface area contributed by atoms with Crippen molar-refractivity contribution in [3.05, 3.63) is 56.6 Å². The standard InChI is InChI=1S/C12H11N5O6/c18-12(19)9(4-7-5-13-6-14-7)15-8-2-1-3-10(16(20)21)11(8)17(22)23/h1-3,5-6,9,15H,4H2,(H,13,14)(H,18,19)/t9-/m0/s1. The number of carboxylic acid groups (broad SMARTS) is 1. The third kappa shape index (κ3) is 3.58. The number of H-pyrrole nitrogens is 1. The van der Waals surface area contributed by atoms with Gasteiger partial charge in [-0.15, -0.1) is 0 Å². The Morgan fingerprint density at radius 2 is 2.09 bits per heavy atom. The first-order valence-electron chi connectivity index (χ1n) is 6.29. The van der Waals surface area contributed by atoms with Gasteiger partial charge >= 0.3 is 17.3 Å². The van der Waals surface area contributed by atoms with Gasteiger partial charge in [0.05, 0.1) is 21.9 Å². The van der Waals surface area contributed by atoms with Gasteiger partial charge in [0.1, 0.15) is 11.7 Å². The van der Waals surface area contributed by atoms with Crippen LogP contribution in [-0.4, -0.2) is 36.9 Å². The van der Waals surface area contributed by atoms with Crippen LogP contribution in [0.1, 0.15) is 5.69 Å². The van der Waals surface area contributed by atoms with E-state index in [0.29, 0.717) is 5.69 Å². The van der Waals surface area contributed by atoms with E-state index in [2.05, 4.69) is 15.3 Å². The average Bonchev–Trinajstić information content (AvgIpc) is 2.98. The van der Waals surface area contributed by atoms with Gasteiger partial charge in [-0.2, -0.15) is 0 Å². The molecule has 1 atom stereocenters. The van der Waals surface area contributed by atoms with Crippen LogP contribution in [0.3, 0.4) is 0 Å². The molecule has 2 rings (SSSR count). The second-order valence-corrected chi connectivity index (χ2v) is 4.49. The van der Waals surface area contributed by atoms with Crippen LogP contribution < -0.4 is 5.32 Å². The van der Waals surface area contributed by atoms with Crippen molar-refractivity contribution in [3.63, 3.8) is 0 Å². The van der Waals surface area contributed by atoms with E-state index in [1.54, 1.807) is 0 Å². The summed E-state index contributed by atoms with van der Waals surface area (Å²) in [7, 11) is 0.